The van der Waals surface area contributed by atoms with Gasteiger partial charge in [0.15, 0.2) is 0 Å². The van der Waals surface area contributed by atoms with Crippen molar-refractivity contribution in [2.45, 2.75) is 18.4 Å². The summed E-state index contributed by atoms with van der Waals surface area (Å²) in [6, 6.07) is 1.64. The van der Waals surface area contributed by atoms with Gasteiger partial charge >= 0.3 is 0 Å². The first-order valence-electron chi connectivity index (χ1n) is 6.09. The van der Waals surface area contributed by atoms with Crippen LogP contribution in [0.3, 0.4) is 0 Å². The fraction of sp³-hybridized carbons (Fsp3) is 0.667. The normalized spacial score (nSPS) is 21.4. The Kier molecular flexibility index (Phi) is 2.55. The molecular weight excluding hydrogens is 234 g/mol. The number of nitrogens with zero attached hydrogens (tertiary/aromatic N) is 3. The average molecular weight is 251 g/mol. The molecule has 1 aliphatic carbocycles. The van der Waals surface area contributed by atoms with Crippen LogP contribution in [0.1, 0.15) is 12.8 Å². The van der Waals surface area contributed by atoms with Crippen molar-refractivity contribution in [2.24, 2.45) is 5.92 Å². The highest BCUT2D eigenvalue weighted by atomic mass is 16.5. The topological polar surface area (TPSA) is 67.7 Å². The van der Waals surface area contributed by atoms with Crippen molar-refractivity contribution in [1.29, 1.82) is 0 Å². The number of rotatable bonds is 4. The molecule has 3 rings (SSSR count). The number of aliphatic hydroxyl groups is 1. The van der Waals surface area contributed by atoms with Gasteiger partial charge in [0, 0.05) is 0 Å². The third-order valence-electron chi connectivity index (χ3n) is 3.64. The van der Waals surface area contributed by atoms with Gasteiger partial charge in [0.2, 0.25) is 17.7 Å². The second-order valence-electron chi connectivity index (χ2n) is 4.99. The summed E-state index contributed by atoms with van der Waals surface area (Å²) in [5, 5.41) is 10.3. The standard InChI is InChI=1S/C12H17N3O3/c1-17-9-5-10(18-2)14-11(13-9)15-6-12(16,7-15)8-3-4-8/h5,8,16H,3-4,6-7H2,1-2H3. The van der Waals surface area contributed by atoms with E-state index in [1.807, 2.05) is 4.90 Å². The highest BCUT2D eigenvalue weighted by molar-refractivity contribution is 5.42. The Balaban J connectivity index is 1.76. The van der Waals surface area contributed by atoms with Crippen LogP contribution in [0.15, 0.2) is 6.07 Å². The van der Waals surface area contributed by atoms with Crippen LogP contribution in [0.2, 0.25) is 0 Å². The maximum atomic E-state index is 10.3. The van der Waals surface area contributed by atoms with Crippen molar-refractivity contribution in [3.63, 3.8) is 0 Å². The van der Waals surface area contributed by atoms with E-state index in [9.17, 15) is 5.11 Å². The van der Waals surface area contributed by atoms with Crippen molar-refractivity contribution < 1.29 is 14.6 Å². The molecule has 2 aliphatic rings. The lowest BCUT2D eigenvalue weighted by molar-refractivity contribution is -0.0103. The highest BCUT2D eigenvalue weighted by Crippen LogP contribution is 2.45. The van der Waals surface area contributed by atoms with Gasteiger partial charge < -0.3 is 19.5 Å². The Morgan fingerprint density at radius 3 is 2.22 bits per heavy atom. The Labute approximate surface area is 106 Å². The zero-order valence-electron chi connectivity index (χ0n) is 10.6. The molecule has 18 heavy (non-hydrogen) atoms. The van der Waals surface area contributed by atoms with Crippen molar-refractivity contribution in [1.82, 2.24) is 9.97 Å². The molecule has 1 aromatic heterocycles. The van der Waals surface area contributed by atoms with Crippen LogP contribution in [0, 0.1) is 5.92 Å². The Morgan fingerprint density at radius 2 is 1.78 bits per heavy atom. The second-order valence-corrected chi connectivity index (χ2v) is 4.99. The summed E-state index contributed by atoms with van der Waals surface area (Å²) in [6.07, 6.45) is 2.26. The van der Waals surface area contributed by atoms with Gasteiger partial charge in [0.1, 0.15) is 5.60 Å². The van der Waals surface area contributed by atoms with E-state index in [-0.39, 0.29) is 0 Å². The Morgan fingerprint density at radius 1 is 1.22 bits per heavy atom. The SMILES string of the molecule is COc1cc(OC)nc(N2CC(O)(C3CC3)C2)n1. The third kappa shape index (κ3) is 1.86. The fourth-order valence-electron chi connectivity index (χ4n) is 2.38. The van der Waals surface area contributed by atoms with Gasteiger partial charge in [-0.05, 0) is 18.8 Å². The quantitative estimate of drug-likeness (QED) is 0.838. The number of anilines is 1. The van der Waals surface area contributed by atoms with Crippen LogP contribution < -0.4 is 14.4 Å². The number of aromatic nitrogens is 2. The Bertz CT molecular complexity index is 434. The maximum Gasteiger partial charge on any atom is 0.232 e. The monoisotopic (exact) mass is 251 g/mol. The van der Waals surface area contributed by atoms with Crippen molar-refractivity contribution in [2.75, 3.05) is 32.2 Å². The minimum Gasteiger partial charge on any atom is -0.481 e. The lowest BCUT2D eigenvalue weighted by Gasteiger charge is -2.46. The molecule has 2 heterocycles. The number of methoxy groups -OCH3 is 2. The molecular formula is C12H17N3O3. The second kappa shape index (κ2) is 3.98. The maximum absolute atomic E-state index is 10.3. The van der Waals surface area contributed by atoms with E-state index in [1.54, 1.807) is 20.3 Å². The van der Waals surface area contributed by atoms with E-state index in [0.29, 0.717) is 36.7 Å². The van der Waals surface area contributed by atoms with Gasteiger partial charge in [-0.15, -0.1) is 0 Å². The summed E-state index contributed by atoms with van der Waals surface area (Å²) in [6.45, 7) is 1.18. The molecule has 1 saturated carbocycles. The molecule has 2 fully saturated rings. The molecule has 0 spiro atoms. The average Bonchev–Trinajstić information content (AvgIpc) is 3.18. The van der Waals surface area contributed by atoms with E-state index in [4.69, 9.17) is 9.47 Å². The van der Waals surface area contributed by atoms with Crippen LogP contribution in [0.25, 0.3) is 0 Å². The Hall–Kier alpha value is -1.56. The van der Waals surface area contributed by atoms with Gasteiger partial charge in [-0.3, -0.25) is 0 Å². The van der Waals surface area contributed by atoms with Gasteiger partial charge in [0.25, 0.3) is 0 Å². The zero-order valence-corrected chi connectivity index (χ0v) is 10.6. The molecule has 0 amide bonds. The molecule has 6 heteroatoms. The van der Waals surface area contributed by atoms with Crippen molar-refractivity contribution in [3.8, 4) is 11.8 Å². The van der Waals surface area contributed by atoms with Crippen molar-refractivity contribution >= 4 is 5.95 Å². The van der Waals surface area contributed by atoms with Gasteiger partial charge in [0.05, 0.1) is 33.4 Å². The smallest absolute Gasteiger partial charge is 0.232 e. The third-order valence-corrected chi connectivity index (χ3v) is 3.64. The first kappa shape index (κ1) is 11.5. The van der Waals surface area contributed by atoms with Crippen molar-refractivity contribution in [3.05, 3.63) is 6.07 Å². The van der Waals surface area contributed by atoms with Crippen LogP contribution in [-0.4, -0.2) is 48.0 Å². The van der Waals surface area contributed by atoms with Crippen LogP contribution >= 0.6 is 0 Å². The molecule has 1 N–H and O–H groups in total. The van der Waals surface area contributed by atoms with E-state index < -0.39 is 5.60 Å². The number of hydrogen-bond donors (Lipinski definition) is 1. The molecule has 0 atom stereocenters. The van der Waals surface area contributed by atoms with Gasteiger partial charge in [-0.1, -0.05) is 0 Å². The van der Waals surface area contributed by atoms with Crippen LogP contribution in [0.5, 0.6) is 11.8 Å². The van der Waals surface area contributed by atoms with E-state index in [1.165, 1.54) is 0 Å². The van der Waals surface area contributed by atoms with E-state index in [2.05, 4.69) is 9.97 Å². The van der Waals surface area contributed by atoms with Gasteiger partial charge in [-0.25, -0.2) is 0 Å². The molecule has 0 unspecified atom stereocenters. The van der Waals surface area contributed by atoms with Gasteiger partial charge in [-0.2, -0.15) is 9.97 Å². The fourth-order valence-corrected chi connectivity index (χ4v) is 2.38. The predicted octanol–water partition coefficient (Wildman–Crippen LogP) is 0.455. The van der Waals surface area contributed by atoms with Crippen LogP contribution in [-0.2, 0) is 0 Å². The molecule has 1 aliphatic heterocycles. The zero-order chi connectivity index (χ0) is 12.8. The predicted molar refractivity (Wildman–Crippen MR) is 65.0 cm³/mol. The molecule has 6 nitrogen and oxygen atoms in total. The summed E-state index contributed by atoms with van der Waals surface area (Å²) >= 11 is 0. The largest absolute Gasteiger partial charge is 0.481 e. The minimum atomic E-state index is -0.542. The molecule has 0 radical (unpaired) electrons. The molecule has 98 valence electrons. The lowest BCUT2D eigenvalue weighted by Crippen LogP contribution is -2.63. The lowest BCUT2D eigenvalue weighted by atomic mass is 9.89. The van der Waals surface area contributed by atoms with E-state index >= 15 is 0 Å². The number of ether oxygens (including phenoxy) is 2. The summed E-state index contributed by atoms with van der Waals surface area (Å²) in [5.41, 5.74) is -0.542. The highest BCUT2D eigenvalue weighted by Gasteiger charge is 2.52. The summed E-state index contributed by atoms with van der Waals surface area (Å²) in [4.78, 5) is 10.5. The van der Waals surface area contributed by atoms with E-state index in [0.717, 1.165) is 12.8 Å². The van der Waals surface area contributed by atoms with Crippen LogP contribution in [0.4, 0.5) is 5.95 Å². The first-order valence-corrected chi connectivity index (χ1v) is 6.09. The first-order chi connectivity index (χ1) is 8.64. The number of hydrogen-bond acceptors (Lipinski definition) is 6. The molecule has 0 bridgehead atoms. The minimum absolute atomic E-state index is 0.459. The summed E-state index contributed by atoms with van der Waals surface area (Å²) < 4.78 is 10.2. The number of β-amino-alcohol motifs (C(OH)–C–C–N with tert-alkyl or cyclic N) is 1. The summed E-state index contributed by atoms with van der Waals surface area (Å²) in [7, 11) is 3.12. The molecule has 1 saturated heterocycles. The molecule has 1 aromatic rings. The molecule has 0 aromatic carbocycles. The summed E-state index contributed by atoms with van der Waals surface area (Å²) in [5.74, 6) is 1.95.